The van der Waals surface area contributed by atoms with Crippen molar-refractivity contribution in [3.63, 3.8) is 0 Å². The number of allylic oxidation sites excluding steroid dienone is 1. The second kappa shape index (κ2) is 13.8. The van der Waals surface area contributed by atoms with Crippen molar-refractivity contribution in [3.05, 3.63) is 76.9 Å². The van der Waals surface area contributed by atoms with E-state index in [1.54, 1.807) is 24.3 Å². The van der Waals surface area contributed by atoms with E-state index >= 15 is 0 Å². The van der Waals surface area contributed by atoms with E-state index in [1.807, 2.05) is 26.8 Å². The molecule has 1 aliphatic carbocycles. The van der Waals surface area contributed by atoms with E-state index in [0.717, 1.165) is 18.7 Å². The van der Waals surface area contributed by atoms with Crippen LogP contribution in [-0.4, -0.2) is 42.5 Å². The van der Waals surface area contributed by atoms with Crippen LogP contribution in [-0.2, 0) is 11.3 Å². The van der Waals surface area contributed by atoms with Crippen molar-refractivity contribution < 1.29 is 24.2 Å². The Morgan fingerprint density at radius 1 is 1.08 bits per heavy atom. The molecular weight excluding hydrogens is 468 g/mol. The molecule has 0 atom stereocenters. The zero-order valence-electron chi connectivity index (χ0n) is 22.2. The molecule has 1 saturated heterocycles. The van der Waals surface area contributed by atoms with Gasteiger partial charge in [0.1, 0.15) is 18.0 Å². The molecule has 4 rings (SSSR count). The number of piperidine rings is 1. The maximum Gasteiger partial charge on any atom is 0.407 e. The molecule has 7 nitrogen and oxygen atoms in total. The molecule has 2 aromatic rings. The highest BCUT2D eigenvalue weighted by molar-refractivity contribution is 5.88. The summed E-state index contributed by atoms with van der Waals surface area (Å²) in [5.74, 6) is 0.312. The van der Waals surface area contributed by atoms with Gasteiger partial charge in [0.2, 0.25) is 0 Å². The number of carboxylic acid groups (broad SMARTS) is 1. The molecule has 0 radical (unpaired) electrons. The predicted molar refractivity (Wildman–Crippen MR) is 145 cm³/mol. The third-order valence-electron chi connectivity index (χ3n) is 6.30. The molecule has 1 heterocycles. The number of rotatable bonds is 7. The van der Waals surface area contributed by atoms with Crippen molar-refractivity contribution in [2.24, 2.45) is 0 Å². The number of amides is 1. The van der Waals surface area contributed by atoms with Crippen LogP contribution in [0.3, 0.4) is 0 Å². The minimum absolute atomic E-state index is 0.258. The zero-order chi connectivity index (χ0) is 26.7. The van der Waals surface area contributed by atoms with Crippen LogP contribution in [0.1, 0.15) is 80.3 Å². The molecule has 2 aromatic carbocycles. The normalized spacial score (nSPS) is 15.5. The quantitative estimate of drug-likeness (QED) is 0.394. The van der Waals surface area contributed by atoms with E-state index in [1.165, 1.54) is 43.2 Å². The summed E-state index contributed by atoms with van der Waals surface area (Å²) in [4.78, 5) is 22.4. The Kier molecular flexibility index (Phi) is 10.6. The first-order valence-corrected chi connectivity index (χ1v) is 13.1. The van der Waals surface area contributed by atoms with Crippen LogP contribution >= 0.6 is 0 Å². The Hall–Kier alpha value is -3.32. The van der Waals surface area contributed by atoms with Crippen LogP contribution < -0.4 is 15.4 Å². The van der Waals surface area contributed by atoms with E-state index < -0.39 is 11.6 Å². The first-order valence-electron chi connectivity index (χ1n) is 13.1. The number of nitrogens with one attached hydrogen (secondary N) is 2. The third kappa shape index (κ3) is 10.3. The van der Waals surface area contributed by atoms with E-state index in [9.17, 15) is 9.59 Å². The Balaban J connectivity index is 0.000000213. The third-order valence-corrected chi connectivity index (χ3v) is 6.30. The molecule has 0 spiro atoms. The molecule has 2 fully saturated rings. The number of alkyl carbamates (subject to hydrolysis) is 1. The van der Waals surface area contributed by atoms with Gasteiger partial charge in [0, 0.05) is 6.54 Å². The minimum Gasteiger partial charge on any atom is -0.490 e. The molecule has 1 saturated carbocycles. The summed E-state index contributed by atoms with van der Waals surface area (Å²) in [5, 5.41) is 15.0. The van der Waals surface area contributed by atoms with E-state index in [-0.39, 0.29) is 11.7 Å². The van der Waals surface area contributed by atoms with E-state index in [0.29, 0.717) is 24.8 Å². The lowest BCUT2D eigenvalue weighted by Gasteiger charge is -2.23. The first kappa shape index (κ1) is 28.3. The fourth-order valence-electron chi connectivity index (χ4n) is 4.16. The molecule has 0 unspecified atom stereocenters. The van der Waals surface area contributed by atoms with Gasteiger partial charge in [-0.2, -0.15) is 0 Å². The number of aromatic carboxylic acids is 1. The predicted octanol–water partition coefficient (Wildman–Crippen LogP) is 6.05. The smallest absolute Gasteiger partial charge is 0.407 e. The largest absolute Gasteiger partial charge is 0.490 e. The van der Waals surface area contributed by atoms with Gasteiger partial charge in [-0.1, -0.05) is 35.9 Å². The van der Waals surface area contributed by atoms with Gasteiger partial charge >= 0.3 is 12.1 Å². The summed E-state index contributed by atoms with van der Waals surface area (Å²) < 4.78 is 10.7. The molecule has 0 aromatic heterocycles. The average Bonchev–Trinajstić information content (AvgIpc) is 2.84. The average molecular weight is 509 g/mol. The Morgan fingerprint density at radius 2 is 1.81 bits per heavy atom. The first-order chi connectivity index (χ1) is 17.7. The number of hydrogen-bond acceptors (Lipinski definition) is 5. The van der Waals surface area contributed by atoms with Gasteiger partial charge in [0.15, 0.2) is 0 Å². The van der Waals surface area contributed by atoms with Crippen molar-refractivity contribution >= 4 is 12.1 Å². The Bertz CT molecular complexity index is 1060. The highest BCUT2D eigenvalue weighted by Gasteiger charge is 2.17. The topological polar surface area (TPSA) is 96.9 Å². The van der Waals surface area contributed by atoms with Crippen molar-refractivity contribution in [1.82, 2.24) is 10.6 Å². The van der Waals surface area contributed by atoms with Crippen molar-refractivity contribution in [2.75, 3.05) is 19.7 Å². The lowest BCUT2D eigenvalue weighted by Crippen LogP contribution is -2.32. The number of carboxylic acids is 1. The molecule has 1 aliphatic heterocycles. The van der Waals surface area contributed by atoms with Gasteiger partial charge in [0.25, 0.3) is 0 Å². The Morgan fingerprint density at radius 3 is 2.46 bits per heavy atom. The summed E-state index contributed by atoms with van der Waals surface area (Å²) >= 11 is 0. The van der Waals surface area contributed by atoms with Crippen molar-refractivity contribution in [1.29, 1.82) is 0 Å². The van der Waals surface area contributed by atoms with Crippen LogP contribution in [0.5, 0.6) is 5.75 Å². The van der Waals surface area contributed by atoms with Gasteiger partial charge in [-0.15, -0.1) is 0 Å². The van der Waals surface area contributed by atoms with Crippen molar-refractivity contribution in [3.8, 4) is 5.75 Å². The lowest BCUT2D eigenvalue weighted by molar-refractivity contribution is 0.0523. The number of hydrogen-bond donors (Lipinski definition) is 3. The van der Waals surface area contributed by atoms with Crippen LogP contribution in [0.4, 0.5) is 4.79 Å². The highest BCUT2D eigenvalue weighted by Crippen LogP contribution is 2.26. The van der Waals surface area contributed by atoms with Crippen LogP contribution in [0.25, 0.3) is 0 Å². The molecule has 1 amide bonds. The van der Waals surface area contributed by atoms with Crippen LogP contribution in [0, 0.1) is 0 Å². The number of benzene rings is 2. The summed E-state index contributed by atoms with van der Waals surface area (Å²) in [6.07, 6.45) is 7.72. The Labute approximate surface area is 220 Å². The van der Waals surface area contributed by atoms with Crippen LogP contribution in [0.2, 0.25) is 0 Å². The maximum absolute atomic E-state index is 11.7. The number of ether oxygens (including phenoxy) is 2. The monoisotopic (exact) mass is 508 g/mol. The lowest BCUT2D eigenvalue weighted by atomic mass is 9.89. The van der Waals surface area contributed by atoms with E-state index in [4.69, 9.17) is 14.6 Å². The van der Waals surface area contributed by atoms with Gasteiger partial charge in [-0.25, -0.2) is 9.59 Å². The fraction of sp³-hybridized carbons (Fsp3) is 0.467. The second-order valence-corrected chi connectivity index (χ2v) is 10.5. The van der Waals surface area contributed by atoms with Gasteiger partial charge in [-0.3, -0.25) is 0 Å². The molecule has 2 aliphatic rings. The summed E-state index contributed by atoms with van der Waals surface area (Å²) in [6, 6.07) is 15.1. The highest BCUT2D eigenvalue weighted by atomic mass is 16.6. The van der Waals surface area contributed by atoms with Crippen molar-refractivity contribution in [2.45, 2.75) is 70.9 Å². The van der Waals surface area contributed by atoms with Gasteiger partial charge in [-0.05, 0) is 107 Å². The molecule has 3 N–H and O–H groups in total. The number of carbonyl (C=O) groups excluding carboxylic acids is 1. The SMILES string of the molecule is CC(C)(C)OC(=O)NCc1cccc(C2CCNCC2)c1.O=C(O)c1cccc(OCC=C2CCC2)c1. The van der Waals surface area contributed by atoms with E-state index in [2.05, 4.69) is 34.9 Å². The van der Waals surface area contributed by atoms with Gasteiger partial charge in [0.05, 0.1) is 5.56 Å². The summed E-state index contributed by atoms with van der Waals surface area (Å²) in [6.45, 7) is 8.81. The van der Waals surface area contributed by atoms with Gasteiger partial charge < -0.3 is 25.2 Å². The maximum atomic E-state index is 11.7. The molecule has 37 heavy (non-hydrogen) atoms. The zero-order valence-corrected chi connectivity index (χ0v) is 22.2. The fourth-order valence-corrected chi connectivity index (χ4v) is 4.16. The molecular formula is C30H40N2O5. The minimum atomic E-state index is -0.928. The second-order valence-electron chi connectivity index (χ2n) is 10.5. The standard InChI is InChI=1S/C17H26N2O2.C13H14O3/c1-17(2,3)21-16(20)19-12-13-5-4-6-15(11-13)14-7-9-18-10-8-14;14-13(15)11-5-2-6-12(9-11)16-8-7-10-3-1-4-10/h4-6,11,14,18H,7-10,12H2,1-3H3,(H,19,20);2,5-7,9H,1,3-4,8H2,(H,14,15). The molecule has 200 valence electrons. The summed E-state index contributed by atoms with van der Waals surface area (Å²) in [7, 11) is 0. The molecule has 7 heteroatoms. The number of carbonyl (C=O) groups is 2. The van der Waals surface area contributed by atoms with Crippen LogP contribution in [0.15, 0.2) is 60.2 Å². The summed E-state index contributed by atoms with van der Waals surface area (Å²) in [5.41, 5.74) is 3.74. The molecule has 0 bridgehead atoms.